The molecule has 0 saturated heterocycles. The van der Waals surface area contributed by atoms with Gasteiger partial charge in [-0.1, -0.05) is 42.5 Å². The van der Waals surface area contributed by atoms with Gasteiger partial charge in [-0.15, -0.1) is 0 Å². The summed E-state index contributed by atoms with van der Waals surface area (Å²) in [5.74, 6) is 0.662. The fourth-order valence-electron chi connectivity index (χ4n) is 3.91. The predicted molar refractivity (Wildman–Crippen MR) is 123 cm³/mol. The van der Waals surface area contributed by atoms with Crippen molar-refractivity contribution in [1.29, 1.82) is 0 Å². The third-order valence-electron chi connectivity index (χ3n) is 5.50. The zero-order chi connectivity index (χ0) is 22.7. The summed E-state index contributed by atoms with van der Waals surface area (Å²) >= 11 is 0. The molecule has 0 aliphatic heterocycles. The summed E-state index contributed by atoms with van der Waals surface area (Å²) in [6.07, 6.45) is 0.154. The molecular weight excluding hydrogens is 404 g/mol. The number of ether oxygens (including phenoxy) is 1. The molecule has 7 nitrogen and oxygen atoms in total. The molecule has 2 aromatic carbocycles. The first-order valence-corrected chi connectivity index (χ1v) is 10.6. The molecule has 1 amide bonds. The molecule has 164 valence electrons. The van der Waals surface area contributed by atoms with Crippen LogP contribution in [0.1, 0.15) is 41.0 Å². The van der Waals surface area contributed by atoms with Gasteiger partial charge in [-0.25, -0.2) is 9.50 Å². The number of benzene rings is 2. The van der Waals surface area contributed by atoms with E-state index in [-0.39, 0.29) is 23.9 Å². The molecule has 0 saturated carbocycles. The van der Waals surface area contributed by atoms with Gasteiger partial charge >= 0.3 is 0 Å². The molecule has 32 heavy (non-hydrogen) atoms. The maximum atomic E-state index is 13.1. The lowest BCUT2D eigenvalue weighted by Gasteiger charge is -2.21. The van der Waals surface area contributed by atoms with E-state index in [0.29, 0.717) is 12.3 Å². The van der Waals surface area contributed by atoms with Crippen LogP contribution in [0.2, 0.25) is 0 Å². The Labute approximate surface area is 186 Å². The minimum atomic E-state index is -0.303. The van der Waals surface area contributed by atoms with Crippen LogP contribution in [-0.2, 0) is 11.2 Å². The highest BCUT2D eigenvalue weighted by molar-refractivity contribution is 5.80. The maximum absolute atomic E-state index is 13.1. The molecule has 2 heterocycles. The molecule has 0 spiro atoms. The third-order valence-corrected chi connectivity index (χ3v) is 5.50. The Balaban J connectivity index is 1.62. The van der Waals surface area contributed by atoms with Crippen LogP contribution in [-0.4, -0.2) is 27.1 Å². The van der Waals surface area contributed by atoms with Crippen LogP contribution in [0.25, 0.3) is 5.65 Å². The molecule has 1 unspecified atom stereocenters. The van der Waals surface area contributed by atoms with E-state index in [1.165, 1.54) is 6.07 Å². The Bertz CT molecular complexity index is 1290. The molecule has 2 N–H and O–H groups in total. The summed E-state index contributed by atoms with van der Waals surface area (Å²) in [5, 5.41) is 5.90. The van der Waals surface area contributed by atoms with Crippen molar-refractivity contribution in [3.63, 3.8) is 0 Å². The van der Waals surface area contributed by atoms with Gasteiger partial charge in [0.25, 0.3) is 5.56 Å². The molecule has 0 bridgehead atoms. The van der Waals surface area contributed by atoms with Gasteiger partial charge in [-0.3, -0.25) is 14.7 Å². The van der Waals surface area contributed by atoms with Crippen LogP contribution in [0.5, 0.6) is 5.75 Å². The number of nitrogens with zero attached hydrogens (tertiary/aromatic N) is 2. The highest BCUT2D eigenvalue weighted by Gasteiger charge is 2.20. The molecule has 0 radical (unpaired) electrons. The second-order valence-corrected chi connectivity index (χ2v) is 7.67. The van der Waals surface area contributed by atoms with E-state index >= 15 is 0 Å². The van der Waals surface area contributed by atoms with Crippen molar-refractivity contribution in [3.8, 4) is 5.75 Å². The number of hydrogen-bond donors (Lipinski definition) is 2. The average molecular weight is 431 g/mol. The molecule has 7 heteroatoms. The number of aromatic amines is 1. The zero-order valence-corrected chi connectivity index (χ0v) is 18.4. The normalized spacial score (nSPS) is 12.0. The van der Waals surface area contributed by atoms with Crippen LogP contribution < -0.4 is 15.6 Å². The van der Waals surface area contributed by atoms with Crippen molar-refractivity contribution in [2.45, 2.75) is 33.2 Å². The number of carbonyl (C=O) groups is 1. The summed E-state index contributed by atoms with van der Waals surface area (Å²) in [7, 11) is 0. The second kappa shape index (κ2) is 9.09. The van der Waals surface area contributed by atoms with E-state index in [1.54, 1.807) is 4.52 Å². The van der Waals surface area contributed by atoms with Gasteiger partial charge in [0.05, 0.1) is 19.1 Å². The smallest absolute Gasteiger partial charge is 0.266 e. The second-order valence-electron chi connectivity index (χ2n) is 7.67. The van der Waals surface area contributed by atoms with Gasteiger partial charge in [0.1, 0.15) is 5.75 Å². The number of hydrogen-bond acceptors (Lipinski definition) is 4. The van der Waals surface area contributed by atoms with E-state index in [4.69, 9.17) is 4.74 Å². The summed E-state index contributed by atoms with van der Waals surface area (Å²) in [6, 6.07) is 18.8. The van der Waals surface area contributed by atoms with Gasteiger partial charge in [-0.2, -0.15) is 0 Å². The van der Waals surface area contributed by atoms with Crippen molar-refractivity contribution >= 4 is 11.6 Å². The third kappa shape index (κ3) is 4.42. The highest BCUT2D eigenvalue weighted by atomic mass is 16.5. The first-order valence-electron chi connectivity index (χ1n) is 10.6. The van der Waals surface area contributed by atoms with Crippen LogP contribution in [0.15, 0.2) is 65.5 Å². The number of fused-ring (bicyclic) bond motifs is 1. The monoisotopic (exact) mass is 430 g/mol. The molecule has 4 rings (SSSR count). The van der Waals surface area contributed by atoms with Gasteiger partial charge in [0.2, 0.25) is 5.91 Å². The Morgan fingerprint density at radius 1 is 1.09 bits per heavy atom. The fraction of sp³-hybridized carbons (Fsp3) is 0.240. The predicted octanol–water partition coefficient (Wildman–Crippen LogP) is 3.49. The fourth-order valence-corrected chi connectivity index (χ4v) is 3.91. The van der Waals surface area contributed by atoms with Gasteiger partial charge in [0, 0.05) is 23.0 Å². The van der Waals surface area contributed by atoms with E-state index < -0.39 is 0 Å². The van der Waals surface area contributed by atoms with Crippen molar-refractivity contribution < 1.29 is 9.53 Å². The SMILES string of the molecule is CCOc1ccc(C(NC(=O)Cc2c(C)nc3cc(=O)[nH]n3c2C)c2ccccc2)cc1. The Hall–Kier alpha value is -3.87. The topological polar surface area (TPSA) is 88.5 Å². The summed E-state index contributed by atoms with van der Waals surface area (Å²) in [4.78, 5) is 29.3. The van der Waals surface area contributed by atoms with Crippen molar-refractivity contribution in [1.82, 2.24) is 19.9 Å². The maximum Gasteiger partial charge on any atom is 0.266 e. The standard InChI is InChI=1S/C25H26N4O3/c1-4-32-20-12-10-19(11-13-20)25(18-8-6-5-7-9-18)27-23(30)14-21-16(2)26-22-15-24(31)28-29(22)17(21)3/h5-13,15,25H,4,14H2,1-3H3,(H,27,30)(H,28,31). The van der Waals surface area contributed by atoms with Gasteiger partial charge in [0.15, 0.2) is 5.65 Å². The van der Waals surface area contributed by atoms with Crippen LogP contribution in [0.4, 0.5) is 0 Å². The van der Waals surface area contributed by atoms with Crippen LogP contribution in [0.3, 0.4) is 0 Å². The Kier molecular flexibility index (Phi) is 6.07. The van der Waals surface area contributed by atoms with E-state index in [0.717, 1.165) is 33.8 Å². The number of rotatable bonds is 7. The summed E-state index contributed by atoms with van der Waals surface area (Å²) in [5.41, 5.74) is 4.59. The largest absolute Gasteiger partial charge is 0.494 e. The lowest BCUT2D eigenvalue weighted by molar-refractivity contribution is -0.121. The Morgan fingerprint density at radius 2 is 1.78 bits per heavy atom. The summed E-state index contributed by atoms with van der Waals surface area (Å²) in [6.45, 7) is 6.28. The van der Waals surface area contributed by atoms with Crippen LogP contribution in [0, 0.1) is 13.8 Å². The van der Waals surface area contributed by atoms with Gasteiger partial charge in [-0.05, 0) is 44.0 Å². The number of aryl methyl sites for hydroxylation is 2. The molecule has 0 aliphatic carbocycles. The molecule has 2 aromatic heterocycles. The van der Waals surface area contributed by atoms with E-state index in [1.807, 2.05) is 75.4 Å². The van der Waals surface area contributed by atoms with E-state index in [9.17, 15) is 9.59 Å². The molecule has 4 aromatic rings. The Morgan fingerprint density at radius 3 is 2.47 bits per heavy atom. The molecule has 0 aliphatic rings. The molecular formula is C25H26N4O3. The highest BCUT2D eigenvalue weighted by Crippen LogP contribution is 2.25. The number of carbonyl (C=O) groups excluding carboxylic acids is 1. The van der Waals surface area contributed by atoms with Crippen LogP contribution >= 0.6 is 0 Å². The zero-order valence-electron chi connectivity index (χ0n) is 18.4. The van der Waals surface area contributed by atoms with Crippen molar-refractivity contribution in [3.05, 3.63) is 99.1 Å². The van der Waals surface area contributed by atoms with E-state index in [2.05, 4.69) is 15.4 Å². The molecule has 1 atom stereocenters. The van der Waals surface area contributed by atoms with Crippen molar-refractivity contribution in [2.24, 2.45) is 0 Å². The number of aromatic nitrogens is 3. The number of nitrogens with one attached hydrogen (secondary N) is 2. The quantitative estimate of drug-likeness (QED) is 0.470. The average Bonchev–Trinajstić information content (AvgIpc) is 3.17. The summed E-state index contributed by atoms with van der Waals surface area (Å²) < 4.78 is 7.17. The first kappa shape index (κ1) is 21.4. The minimum Gasteiger partial charge on any atom is -0.494 e. The van der Waals surface area contributed by atoms with Crippen molar-refractivity contribution in [2.75, 3.05) is 6.61 Å². The molecule has 0 fully saturated rings. The first-order chi connectivity index (χ1) is 15.5. The lowest BCUT2D eigenvalue weighted by Crippen LogP contribution is -2.31. The number of H-pyrrole nitrogens is 1. The lowest BCUT2D eigenvalue weighted by atomic mass is 9.98. The number of amides is 1. The van der Waals surface area contributed by atoms with Gasteiger partial charge < -0.3 is 10.1 Å². The minimum absolute atomic E-state index is 0.130.